The maximum Gasteiger partial charge on any atom is 0.263 e. The lowest BCUT2D eigenvalue weighted by atomic mass is 10.3. The standard InChI is InChI=1S/C21H20N4O4S2/c1-13-8-9-25-19(11-13)23-20(18-5-4-10-30-18)21(25)24-31(27,28)15-6-7-17(29-3)16(12-15)22-14(2)26/h4-12,24H,1-3H3,(H,22,26). The van der Waals surface area contributed by atoms with E-state index in [-0.39, 0.29) is 16.5 Å². The van der Waals surface area contributed by atoms with Gasteiger partial charge in [-0.1, -0.05) is 6.07 Å². The average molecular weight is 457 g/mol. The second-order valence-electron chi connectivity index (χ2n) is 6.87. The van der Waals surface area contributed by atoms with E-state index in [1.807, 2.05) is 36.6 Å². The van der Waals surface area contributed by atoms with Crippen molar-refractivity contribution in [1.82, 2.24) is 9.38 Å². The lowest BCUT2D eigenvalue weighted by Gasteiger charge is -2.13. The fraction of sp³-hybridized carbons (Fsp3) is 0.143. The monoisotopic (exact) mass is 456 g/mol. The van der Waals surface area contributed by atoms with Gasteiger partial charge in [-0.15, -0.1) is 11.3 Å². The number of pyridine rings is 1. The molecule has 1 amide bonds. The van der Waals surface area contributed by atoms with Crippen LogP contribution in [-0.4, -0.2) is 30.8 Å². The number of methoxy groups -OCH3 is 1. The van der Waals surface area contributed by atoms with Crippen molar-refractivity contribution >= 4 is 44.4 Å². The van der Waals surface area contributed by atoms with E-state index in [1.54, 1.807) is 10.6 Å². The molecule has 10 heteroatoms. The first-order chi connectivity index (χ1) is 14.8. The highest BCUT2D eigenvalue weighted by molar-refractivity contribution is 7.92. The Bertz CT molecular complexity index is 1380. The van der Waals surface area contributed by atoms with Crippen molar-refractivity contribution in [2.45, 2.75) is 18.7 Å². The number of carbonyl (C=O) groups is 1. The fourth-order valence-electron chi connectivity index (χ4n) is 3.16. The Morgan fingerprint density at radius 1 is 1.19 bits per heavy atom. The molecule has 0 aliphatic rings. The number of anilines is 2. The summed E-state index contributed by atoms with van der Waals surface area (Å²) in [6.07, 6.45) is 1.78. The van der Waals surface area contributed by atoms with Gasteiger partial charge in [0.05, 0.1) is 22.6 Å². The normalized spacial score (nSPS) is 11.5. The van der Waals surface area contributed by atoms with E-state index < -0.39 is 10.0 Å². The smallest absolute Gasteiger partial charge is 0.263 e. The molecule has 0 atom stereocenters. The van der Waals surface area contributed by atoms with Gasteiger partial charge in [0.1, 0.15) is 17.1 Å². The van der Waals surface area contributed by atoms with Gasteiger partial charge >= 0.3 is 0 Å². The van der Waals surface area contributed by atoms with Gasteiger partial charge in [-0.25, -0.2) is 13.4 Å². The zero-order valence-corrected chi connectivity index (χ0v) is 18.7. The first-order valence-corrected chi connectivity index (χ1v) is 11.7. The maximum atomic E-state index is 13.3. The average Bonchev–Trinajstić information content (AvgIpc) is 3.35. The number of ether oxygens (including phenoxy) is 1. The first-order valence-electron chi connectivity index (χ1n) is 9.29. The summed E-state index contributed by atoms with van der Waals surface area (Å²) in [7, 11) is -2.55. The third-order valence-corrected chi connectivity index (χ3v) is 6.77. The third kappa shape index (κ3) is 4.12. The van der Waals surface area contributed by atoms with Gasteiger partial charge in [0.15, 0.2) is 5.82 Å². The number of amides is 1. The number of nitrogens with one attached hydrogen (secondary N) is 2. The topological polar surface area (TPSA) is 102 Å². The Hall–Kier alpha value is -3.37. The Morgan fingerprint density at radius 2 is 2.00 bits per heavy atom. The highest BCUT2D eigenvalue weighted by Crippen LogP contribution is 2.34. The minimum Gasteiger partial charge on any atom is -0.495 e. The van der Waals surface area contributed by atoms with E-state index in [0.29, 0.717) is 22.9 Å². The predicted octanol–water partition coefficient (Wildman–Crippen LogP) is 4.14. The molecule has 0 saturated heterocycles. The summed E-state index contributed by atoms with van der Waals surface area (Å²) in [6.45, 7) is 3.29. The summed E-state index contributed by atoms with van der Waals surface area (Å²) in [5.74, 6) is 0.367. The molecule has 0 aliphatic heterocycles. The number of thiophene rings is 1. The van der Waals surface area contributed by atoms with Gasteiger partial charge in [0.25, 0.3) is 10.0 Å². The molecule has 3 aromatic heterocycles. The van der Waals surface area contributed by atoms with Crippen LogP contribution in [0.3, 0.4) is 0 Å². The van der Waals surface area contributed by atoms with E-state index in [9.17, 15) is 13.2 Å². The Balaban J connectivity index is 1.82. The van der Waals surface area contributed by atoms with Crippen LogP contribution in [0.5, 0.6) is 5.75 Å². The van der Waals surface area contributed by atoms with Crippen LogP contribution >= 0.6 is 11.3 Å². The molecule has 0 radical (unpaired) electrons. The molecule has 4 aromatic rings. The number of aryl methyl sites for hydroxylation is 1. The molecular weight excluding hydrogens is 436 g/mol. The van der Waals surface area contributed by atoms with Crippen LogP contribution in [-0.2, 0) is 14.8 Å². The molecular formula is C21H20N4O4S2. The van der Waals surface area contributed by atoms with E-state index in [4.69, 9.17) is 4.74 Å². The molecule has 0 spiro atoms. The van der Waals surface area contributed by atoms with Crippen molar-refractivity contribution in [2.24, 2.45) is 0 Å². The van der Waals surface area contributed by atoms with Crippen LogP contribution in [0.25, 0.3) is 16.2 Å². The predicted molar refractivity (Wildman–Crippen MR) is 121 cm³/mol. The molecule has 160 valence electrons. The van der Waals surface area contributed by atoms with E-state index in [2.05, 4.69) is 15.0 Å². The summed E-state index contributed by atoms with van der Waals surface area (Å²) in [6, 6.07) is 11.8. The largest absolute Gasteiger partial charge is 0.495 e. The molecule has 2 N–H and O–H groups in total. The number of rotatable bonds is 6. The van der Waals surface area contributed by atoms with Crippen molar-refractivity contribution in [3.63, 3.8) is 0 Å². The minimum atomic E-state index is -3.99. The molecule has 0 fully saturated rings. The van der Waals surface area contributed by atoms with Crippen molar-refractivity contribution in [1.29, 1.82) is 0 Å². The highest BCUT2D eigenvalue weighted by atomic mass is 32.2. The first kappa shape index (κ1) is 20.9. The summed E-state index contributed by atoms with van der Waals surface area (Å²) in [5, 5.41) is 4.50. The summed E-state index contributed by atoms with van der Waals surface area (Å²) in [4.78, 5) is 17.0. The number of aromatic nitrogens is 2. The SMILES string of the molecule is COc1ccc(S(=O)(=O)Nc2c(-c3cccs3)nc3cc(C)ccn23)cc1NC(C)=O. The molecule has 1 aromatic carbocycles. The van der Waals surface area contributed by atoms with E-state index in [0.717, 1.165) is 10.4 Å². The number of hydrogen-bond acceptors (Lipinski definition) is 6. The van der Waals surface area contributed by atoms with E-state index >= 15 is 0 Å². The van der Waals surface area contributed by atoms with Crippen LogP contribution in [0.4, 0.5) is 11.5 Å². The van der Waals surface area contributed by atoms with Gasteiger partial charge < -0.3 is 10.1 Å². The van der Waals surface area contributed by atoms with Crippen molar-refractivity contribution in [3.8, 4) is 16.3 Å². The third-order valence-electron chi connectivity index (χ3n) is 4.56. The van der Waals surface area contributed by atoms with Gasteiger partial charge in [0.2, 0.25) is 5.91 Å². The molecule has 31 heavy (non-hydrogen) atoms. The number of nitrogens with zero attached hydrogens (tertiary/aromatic N) is 2. The van der Waals surface area contributed by atoms with Crippen LogP contribution in [0, 0.1) is 6.92 Å². The molecule has 0 aliphatic carbocycles. The van der Waals surface area contributed by atoms with Crippen LogP contribution in [0.1, 0.15) is 12.5 Å². The molecule has 0 unspecified atom stereocenters. The summed E-state index contributed by atoms with van der Waals surface area (Å²) < 4.78 is 36.1. The van der Waals surface area contributed by atoms with Crippen molar-refractivity contribution in [2.75, 3.05) is 17.1 Å². The Labute approximate surface area is 183 Å². The maximum absolute atomic E-state index is 13.3. The number of imidazole rings is 1. The lowest BCUT2D eigenvalue weighted by molar-refractivity contribution is -0.114. The van der Waals surface area contributed by atoms with Crippen LogP contribution in [0.2, 0.25) is 0 Å². The second-order valence-corrected chi connectivity index (χ2v) is 9.50. The number of benzene rings is 1. The number of sulfonamides is 1. The number of carbonyl (C=O) groups excluding carboxylic acids is 1. The quantitative estimate of drug-likeness (QED) is 0.454. The van der Waals surface area contributed by atoms with Crippen LogP contribution in [0.15, 0.2) is 58.9 Å². The van der Waals surface area contributed by atoms with Gasteiger partial charge in [-0.05, 0) is 54.3 Å². The molecule has 4 rings (SSSR count). The minimum absolute atomic E-state index is 0.0174. The molecule has 8 nitrogen and oxygen atoms in total. The summed E-state index contributed by atoms with van der Waals surface area (Å²) >= 11 is 1.47. The molecule has 0 bridgehead atoms. The zero-order valence-electron chi connectivity index (χ0n) is 17.0. The fourth-order valence-corrected chi connectivity index (χ4v) is 4.96. The van der Waals surface area contributed by atoms with Gasteiger partial charge in [0, 0.05) is 13.1 Å². The van der Waals surface area contributed by atoms with Crippen molar-refractivity contribution < 1.29 is 17.9 Å². The number of fused-ring (bicyclic) bond motifs is 1. The Kier molecular flexibility index (Phi) is 5.42. The van der Waals surface area contributed by atoms with Gasteiger partial charge in [-0.2, -0.15) is 0 Å². The van der Waals surface area contributed by atoms with E-state index in [1.165, 1.54) is 43.6 Å². The second kappa shape index (κ2) is 8.05. The van der Waals surface area contributed by atoms with Crippen LogP contribution < -0.4 is 14.8 Å². The molecule has 3 heterocycles. The van der Waals surface area contributed by atoms with Gasteiger partial charge in [-0.3, -0.25) is 13.9 Å². The highest BCUT2D eigenvalue weighted by Gasteiger charge is 2.23. The zero-order chi connectivity index (χ0) is 22.2. The summed E-state index contributed by atoms with van der Waals surface area (Å²) in [5.41, 5.74) is 2.46. The Morgan fingerprint density at radius 3 is 2.68 bits per heavy atom. The number of hydrogen-bond donors (Lipinski definition) is 2. The van der Waals surface area contributed by atoms with Crippen molar-refractivity contribution in [3.05, 3.63) is 59.6 Å². The lowest BCUT2D eigenvalue weighted by Crippen LogP contribution is -2.16. The molecule has 0 saturated carbocycles.